The van der Waals surface area contributed by atoms with Crippen molar-refractivity contribution in [2.24, 2.45) is 5.16 Å². The molecule has 2 aliphatic rings. The summed E-state index contributed by atoms with van der Waals surface area (Å²) in [5, 5.41) is 17.8. The van der Waals surface area contributed by atoms with Crippen molar-refractivity contribution in [1.29, 1.82) is 0 Å². The second kappa shape index (κ2) is 11.4. The molecule has 196 valence electrons. The van der Waals surface area contributed by atoms with Gasteiger partial charge in [0.15, 0.2) is 5.13 Å². The Hall–Kier alpha value is -3.01. The van der Waals surface area contributed by atoms with E-state index in [-0.39, 0.29) is 22.4 Å². The molecule has 0 aliphatic carbocycles. The zero-order valence-corrected chi connectivity index (χ0v) is 22.4. The van der Waals surface area contributed by atoms with Gasteiger partial charge in [0.25, 0.3) is 11.8 Å². The summed E-state index contributed by atoms with van der Waals surface area (Å²) in [6.07, 6.45) is 3.66. The van der Waals surface area contributed by atoms with Gasteiger partial charge in [-0.2, -0.15) is 9.36 Å². The molecular formula is C21H30N8O5S2. The van der Waals surface area contributed by atoms with E-state index in [0.29, 0.717) is 17.9 Å². The van der Waals surface area contributed by atoms with Crippen molar-refractivity contribution in [2.75, 3.05) is 66.4 Å². The van der Waals surface area contributed by atoms with Crippen LogP contribution in [0.1, 0.15) is 5.82 Å². The van der Waals surface area contributed by atoms with Crippen LogP contribution in [0.15, 0.2) is 28.6 Å². The number of carbonyl (C=O) groups excluding carboxylic acids is 3. The van der Waals surface area contributed by atoms with Crippen LogP contribution in [0.5, 0.6) is 0 Å². The molecule has 15 heteroatoms. The number of nitrogens with zero attached hydrogens (tertiary/aromatic N) is 6. The van der Waals surface area contributed by atoms with E-state index in [1.54, 1.807) is 6.08 Å². The summed E-state index contributed by atoms with van der Waals surface area (Å²) in [6.45, 7) is 2.53. The number of fused-ring (bicyclic) bond motifs is 1. The fourth-order valence-corrected chi connectivity index (χ4v) is 5.37. The molecule has 3 rings (SSSR count). The number of hydrogen-bond acceptors (Lipinski definition) is 12. The number of rotatable bonds is 11. The lowest BCUT2D eigenvalue weighted by Gasteiger charge is -2.50. The van der Waals surface area contributed by atoms with Gasteiger partial charge >= 0.3 is 0 Å². The number of hydrogen-bond donors (Lipinski definition) is 2. The van der Waals surface area contributed by atoms with E-state index in [0.717, 1.165) is 34.0 Å². The number of oxime groups is 1. The maximum atomic E-state index is 12.9. The Balaban J connectivity index is 1.72. The molecule has 3 heterocycles. The molecule has 2 aliphatic heterocycles. The summed E-state index contributed by atoms with van der Waals surface area (Å²) in [4.78, 5) is 49.6. The van der Waals surface area contributed by atoms with Gasteiger partial charge in [0, 0.05) is 23.8 Å². The number of carboxylic acids is 1. The first-order valence-corrected chi connectivity index (χ1v) is 12.8. The van der Waals surface area contributed by atoms with Crippen LogP contribution >= 0.6 is 23.3 Å². The number of nitrogen functional groups attached to an aromatic ring is 1. The van der Waals surface area contributed by atoms with Crippen molar-refractivity contribution in [3.05, 3.63) is 29.2 Å². The van der Waals surface area contributed by atoms with Gasteiger partial charge in [0.2, 0.25) is 11.5 Å². The molecule has 2 atom stereocenters. The van der Waals surface area contributed by atoms with Crippen LogP contribution in [0.3, 0.4) is 0 Å². The van der Waals surface area contributed by atoms with Gasteiger partial charge in [-0.15, -0.1) is 11.8 Å². The molecule has 0 spiro atoms. The van der Waals surface area contributed by atoms with Gasteiger partial charge in [0.05, 0.1) is 38.9 Å². The van der Waals surface area contributed by atoms with Gasteiger partial charge in [-0.1, -0.05) is 11.2 Å². The summed E-state index contributed by atoms with van der Waals surface area (Å²) in [5.74, 6) is -2.44. The third kappa shape index (κ3) is 6.21. The Morgan fingerprint density at radius 1 is 1.42 bits per heavy atom. The molecule has 0 bridgehead atoms. The molecule has 0 aromatic carbocycles. The third-order valence-electron chi connectivity index (χ3n) is 5.60. The first-order chi connectivity index (χ1) is 16.9. The third-order valence-corrected chi connectivity index (χ3v) is 7.44. The number of thioether (sulfide) groups is 1. The molecule has 3 N–H and O–H groups in total. The SMILES string of the molecule is CO/N=C(\C(=O)N[C@@H]1C(=O)N2C(C(=O)[O-])=C(/C=C/C[N+](C)(C)CCN(C)C)CS[C@@H]12)c1nsc(N)n1. The van der Waals surface area contributed by atoms with Gasteiger partial charge < -0.3 is 35.2 Å². The Labute approximate surface area is 217 Å². The average molecular weight is 539 g/mol. The lowest BCUT2D eigenvalue weighted by molar-refractivity contribution is -0.883. The van der Waals surface area contributed by atoms with Crippen molar-refractivity contribution in [2.45, 2.75) is 11.4 Å². The first kappa shape index (κ1) is 27.6. The number of nitrogens with one attached hydrogen (secondary N) is 1. The minimum atomic E-state index is -1.44. The molecule has 0 unspecified atom stereocenters. The van der Waals surface area contributed by atoms with Crippen LogP contribution in [-0.4, -0.2) is 119 Å². The Kier molecular flexibility index (Phi) is 8.71. The number of aromatic nitrogens is 2. The van der Waals surface area contributed by atoms with Crippen LogP contribution in [0.4, 0.5) is 5.13 Å². The summed E-state index contributed by atoms with van der Waals surface area (Å²) in [6, 6.07) is -0.956. The van der Waals surface area contributed by atoms with E-state index in [1.165, 1.54) is 18.9 Å². The van der Waals surface area contributed by atoms with Gasteiger partial charge in [-0.3, -0.25) is 14.5 Å². The van der Waals surface area contributed by atoms with Crippen molar-refractivity contribution in [1.82, 2.24) is 24.5 Å². The van der Waals surface area contributed by atoms with E-state index in [2.05, 4.69) is 38.8 Å². The predicted molar refractivity (Wildman–Crippen MR) is 134 cm³/mol. The molecule has 0 saturated carbocycles. The van der Waals surface area contributed by atoms with Crippen LogP contribution < -0.4 is 16.2 Å². The molecule has 0 radical (unpaired) electrons. The van der Waals surface area contributed by atoms with Crippen molar-refractivity contribution >= 4 is 51.9 Å². The first-order valence-electron chi connectivity index (χ1n) is 11.0. The number of nitrogens with two attached hydrogens (primary N) is 1. The summed E-state index contributed by atoms with van der Waals surface area (Å²) < 4.78 is 4.67. The monoisotopic (exact) mass is 538 g/mol. The van der Waals surface area contributed by atoms with Gasteiger partial charge in [-0.25, -0.2) is 0 Å². The highest BCUT2D eigenvalue weighted by Crippen LogP contribution is 2.40. The van der Waals surface area contributed by atoms with Gasteiger partial charge in [0.1, 0.15) is 18.5 Å². The van der Waals surface area contributed by atoms with Crippen LogP contribution in [0.2, 0.25) is 0 Å². The van der Waals surface area contributed by atoms with Crippen LogP contribution in [0, 0.1) is 0 Å². The highest BCUT2D eigenvalue weighted by atomic mass is 32.2. The smallest absolute Gasteiger partial charge is 0.278 e. The fraction of sp³-hybridized carbons (Fsp3) is 0.524. The fourth-order valence-electron chi connectivity index (χ4n) is 3.62. The number of carboxylic acid groups (broad SMARTS) is 1. The number of carbonyl (C=O) groups is 3. The van der Waals surface area contributed by atoms with E-state index >= 15 is 0 Å². The maximum Gasteiger partial charge on any atom is 0.278 e. The van der Waals surface area contributed by atoms with Crippen LogP contribution in [0.25, 0.3) is 0 Å². The average Bonchev–Trinajstić information content (AvgIpc) is 3.24. The number of aliphatic carboxylic acids is 1. The second-order valence-electron chi connectivity index (χ2n) is 9.15. The van der Waals surface area contributed by atoms with Crippen molar-refractivity contribution < 1.29 is 28.8 Å². The summed E-state index contributed by atoms with van der Waals surface area (Å²) in [7, 11) is 9.47. The highest BCUT2D eigenvalue weighted by Gasteiger charge is 2.53. The number of amides is 2. The van der Waals surface area contributed by atoms with Crippen molar-refractivity contribution in [3.63, 3.8) is 0 Å². The van der Waals surface area contributed by atoms with Crippen molar-refractivity contribution in [3.8, 4) is 0 Å². The molecule has 1 aromatic rings. The summed E-state index contributed by atoms with van der Waals surface area (Å²) in [5.41, 5.74) is 5.65. The zero-order valence-electron chi connectivity index (χ0n) is 20.8. The minimum Gasteiger partial charge on any atom is -0.543 e. The number of β-lactam (4-membered cyclic amide) rings is 1. The number of likely N-dealkylation sites (N-methyl/N-ethyl adjacent to an activating group) is 2. The van der Waals surface area contributed by atoms with E-state index in [4.69, 9.17) is 10.6 Å². The Morgan fingerprint density at radius 2 is 2.14 bits per heavy atom. The Morgan fingerprint density at radius 3 is 2.72 bits per heavy atom. The lowest BCUT2D eigenvalue weighted by atomic mass is 10.0. The molecular weight excluding hydrogens is 508 g/mol. The molecule has 1 saturated heterocycles. The highest BCUT2D eigenvalue weighted by molar-refractivity contribution is 8.00. The standard InChI is InChI=1S/C21H30N8O5S2/c1-27(2)8-10-29(3,4)9-6-7-12-11-35-19-14(18(31)28(19)15(12)20(32)33)23-17(30)13(25-34-5)16-24-21(22)36-26-16/h6-7,14,19H,8-11H2,1-5H3,(H3-,22,23,24,26,30,32,33)/b7-6+,25-13-/t14-,19+/m1/s1. The molecule has 2 amide bonds. The zero-order chi connectivity index (χ0) is 26.6. The molecule has 13 nitrogen and oxygen atoms in total. The number of allylic oxidation sites excluding steroid dienone is 1. The maximum absolute atomic E-state index is 12.9. The Bertz CT molecular complexity index is 1110. The quantitative estimate of drug-likeness (QED) is 0.140. The largest absolute Gasteiger partial charge is 0.543 e. The van der Waals surface area contributed by atoms with E-state index < -0.39 is 29.2 Å². The summed E-state index contributed by atoms with van der Waals surface area (Å²) >= 11 is 2.23. The topological polar surface area (TPSA) is 166 Å². The second-order valence-corrected chi connectivity index (χ2v) is 11.0. The van der Waals surface area contributed by atoms with Crippen LogP contribution in [-0.2, 0) is 19.2 Å². The molecule has 1 aromatic heterocycles. The minimum absolute atomic E-state index is 0.0357. The van der Waals surface area contributed by atoms with Gasteiger partial charge in [-0.05, 0) is 25.7 Å². The van der Waals surface area contributed by atoms with E-state index in [1.807, 2.05) is 20.2 Å². The molecule has 36 heavy (non-hydrogen) atoms. The lowest BCUT2D eigenvalue weighted by Crippen LogP contribution is -2.71. The van der Waals surface area contributed by atoms with E-state index in [9.17, 15) is 19.5 Å². The normalized spacial score (nSPS) is 20.6. The molecule has 1 fully saturated rings. The number of quaternary nitrogens is 1. The number of anilines is 1. The predicted octanol–water partition coefficient (Wildman–Crippen LogP) is -1.93.